The molecule has 0 spiro atoms. The maximum Gasteiger partial charge on any atom is 0.262 e. The highest BCUT2D eigenvalue weighted by Crippen LogP contribution is 2.33. The van der Waals surface area contributed by atoms with Crippen molar-refractivity contribution < 1.29 is 8.42 Å². The minimum Gasteiger partial charge on any atom is -0.339 e. The molecule has 1 aliphatic heterocycles. The molecule has 1 N–H and O–H groups in total. The molecule has 0 radical (unpaired) electrons. The lowest BCUT2D eigenvalue weighted by Crippen LogP contribution is -2.37. The molecule has 4 rings (SSSR count). The van der Waals surface area contributed by atoms with E-state index in [1.54, 1.807) is 22.1 Å². The summed E-state index contributed by atoms with van der Waals surface area (Å²) >= 11 is 0. The van der Waals surface area contributed by atoms with Crippen molar-refractivity contribution in [1.29, 1.82) is 0 Å². The number of benzene rings is 1. The van der Waals surface area contributed by atoms with Crippen molar-refractivity contribution in [1.82, 2.24) is 19.2 Å². The fourth-order valence-electron chi connectivity index (χ4n) is 3.74. The maximum atomic E-state index is 13.0. The fourth-order valence-corrected chi connectivity index (χ4v) is 5.20. The second-order valence-corrected chi connectivity index (χ2v) is 9.39. The minimum absolute atomic E-state index is 0.130. The number of aryl methyl sites for hydroxylation is 1. The van der Waals surface area contributed by atoms with Gasteiger partial charge in [0.2, 0.25) is 0 Å². The van der Waals surface area contributed by atoms with Crippen molar-refractivity contribution in [3.8, 4) is 0 Å². The van der Waals surface area contributed by atoms with Gasteiger partial charge < -0.3 is 9.88 Å². The van der Waals surface area contributed by atoms with Gasteiger partial charge in [0, 0.05) is 38.3 Å². The van der Waals surface area contributed by atoms with Gasteiger partial charge in [-0.3, -0.25) is 0 Å². The van der Waals surface area contributed by atoms with Gasteiger partial charge in [-0.25, -0.2) is 13.4 Å². The topological polar surface area (TPSA) is 67.2 Å². The number of nitrogens with zero attached hydrogens (tertiary/aromatic N) is 3. The van der Waals surface area contributed by atoms with Crippen molar-refractivity contribution in [2.75, 3.05) is 19.6 Å². The molecule has 1 saturated heterocycles. The Balaban J connectivity index is 1.53. The number of nitrogens with one attached hydrogen (secondary N) is 1. The van der Waals surface area contributed by atoms with E-state index in [1.807, 2.05) is 18.2 Å². The van der Waals surface area contributed by atoms with Crippen LogP contribution in [0.15, 0.2) is 47.9 Å². The molecule has 0 amide bonds. The van der Waals surface area contributed by atoms with Crippen molar-refractivity contribution in [2.24, 2.45) is 13.0 Å². The number of hydrogen-bond acceptors (Lipinski definition) is 4. The molecule has 7 heteroatoms. The Bertz CT molecular complexity index is 845. The number of aromatic nitrogens is 2. The van der Waals surface area contributed by atoms with Crippen molar-refractivity contribution in [3.05, 3.63) is 48.4 Å². The van der Waals surface area contributed by atoms with Gasteiger partial charge in [0.1, 0.15) is 0 Å². The summed E-state index contributed by atoms with van der Waals surface area (Å²) < 4.78 is 29.2. The summed E-state index contributed by atoms with van der Waals surface area (Å²) in [7, 11) is -1.78. The van der Waals surface area contributed by atoms with Crippen molar-refractivity contribution in [3.63, 3.8) is 0 Å². The van der Waals surface area contributed by atoms with Crippen LogP contribution in [0.1, 0.15) is 30.7 Å². The van der Waals surface area contributed by atoms with Gasteiger partial charge >= 0.3 is 0 Å². The summed E-state index contributed by atoms with van der Waals surface area (Å²) in [5, 5.41) is 3.76. The predicted octanol–water partition coefficient (Wildman–Crippen LogP) is 1.97. The molecule has 6 nitrogen and oxygen atoms in total. The lowest BCUT2D eigenvalue weighted by molar-refractivity contribution is 0.450. The lowest BCUT2D eigenvalue weighted by Gasteiger charge is -2.20. The number of rotatable bonds is 7. The minimum atomic E-state index is -3.56. The van der Waals surface area contributed by atoms with E-state index < -0.39 is 10.0 Å². The number of imidazole rings is 1. The zero-order valence-electron chi connectivity index (χ0n) is 15.1. The summed E-state index contributed by atoms with van der Waals surface area (Å²) in [6, 6.07) is 10.4. The van der Waals surface area contributed by atoms with E-state index in [-0.39, 0.29) is 17.0 Å². The van der Waals surface area contributed by atoms with Crippen LogP contribution in [-0.4, -0.2) is 48.0 Å². The van der Waals surface area contributed by atoms with Crippen LogP contribution >= 0.6 is 0 Å². The van der Waals surface area contributed by atoms with E-state index in [1.165, 1.54) is 31.2 Å². The quantitative estimate of drug-likeness (QED) is 0.805. The van der Waals surface area contributed by atoms with Crippen molar-refractivity contribution >= 4 is 10.0 Å². The molecule has 2 aliphatic rings. The first kappa shape index (κ1) is 17.7. The van der Waals surface area contributed by atoms with Crippen LogP contribution in [0, 0.1) is 5.92 Å². The standard InChI is InChI=1S/C19H26N4O2S/c1-22-13-19(21-14-22)26(24,25)23-11-17(16-5-3-2-4-6-16)18(12-23)20-10-9-15-7-8-15/h2-6,13-15,17-18,20H,7-12H2,1H3. The molecular weight excluding hydrogens is 348 g/mol. The molecule has 2 unspecified atom stereocenters. The van der Waals surface area contributed by atoms with Crippen LogP contribution in [0.2, 0.25) is 0 Å². The monoisotopic (exact) mass is 374 g/mol. The highest BCUT2D eigenvalue weighted by Gasteiger charge is 2.40. The molecule has 2 fully saturated rings. The summed E-state index contributed by atoms with van der Waals surface area (Å²) in [6.07, 6.45) is 6.97. The van der Waals surface area contributed by atoms with Gasteiger partial charge in [0.15, 0.2) is 5.03 Å². The summed E-state index contributed by atoms with van der Waals surface area (Å²) in [6.45, 7) is 1.93. The average Bonchev–Trinajstić information content (AvgIpc) is 3.17. The van der Waals surface area contributed by atoms with Gasteiger partial charge in [-0.1, -0.05) is 43.2 Å². The molecule has 140 valence electrons. The first-order chi connectivity index (χ1) is 12.5. The third-order valence-electron chi connectivity index (χ3n) is 5.46. The van der Waals surface area contributed by atoms with Crippen LogP contribution in [0.25, 0.3) is 0 Å². The van der Waals surface area contributed by atoms with Crippen LogP contribution in [0.4, 0.5) is 0 Å². The second-order valence-electron chi connectivity index (χ2n) is 7.51. The Morgan fingerprint density at radius 1 is 1.19 bits per heavy atom. The third kappa shape index (κ3) is 3.70. The first-order valence-electron chi connectivity index (χ1n) is 9.30. The molecule has 2 atom stereocenters. The fraction of sp³-hybridized carbons (Fsp3) is 0.526. The highest BCUT2D eigenvalue weighted by atomic mass is 32.2. The van der Waals surface area contributed by atoms with E-state index in [0.29, 0.717) is 13.1 Å². The predicted molar refractivity (Wildman–Crippen MR) is 100 cm³/mol. The Morgan fingerprint density at radius 3 is 2.62 bits per heavy atom. The van der Waals surface area contributed by atoms with E-state index >= 15 is 0 Å². The molecule has 0 bridgehead atoms. The van der Waals surface area contributed by atoms with Crippen molar-refractivity contribution in [2.45, 2.75) is 36.2 Å². The van der Waals surface area contributed by atoms with Crippen LogP contribution in [0.5, 0.6) is 0 Å². The molecule has 1 aromatic heterocycles. The molecule has 1 aromatic carbocycles. The average molecular weight is 375 g/mol. The molecular formula is C19H26N4O2S. The number of sulfonamides is 1. The lowest BCUT2D eigenvalue weighted by atomic mass is 9.94. The summed E-state index contributed by atoms with van der Waals surface area (Å²) in [5.74, 6) is 1.03. The smallest absolute Gasteiger partial charge is 0.262 e. The Morgan fingerprint density at radius 2 is 1.96 bits per heavy atom. The van der Waals surface area contributed by atoms with Crippen LogP contribution in [-0.2, 0) is 17.1 Å². The van der Waals surface area contributed by atoms with Crippen LogP contribution < -0.4 is 5.32 Å². The van der Waals surface area contributed by atoms with Gasteiger partial charge in [-0.2, -0.15) is 4.31 Å². The largest absolute Gasteiger partial charge is 0.339 e. The van der Waals surface area contributed by atoms with E-state index in [9.17, 15) is 8.42 Å². The number of hydrogen-bond donors (Lipinski definition) is 1. The van der Waals surface area contributed by atoms with Gasteiger partial charge in [-0.15, -0.1) is 0 Å². The van der Waals surface area contributed by atoms with Gasteiger partial charge in [0.25, 0.3) is 10.0 Å². The molecule has 2 heterocycles. The maximum absolute atomic E-state index is 13.0. The van der Waals surface area contributed by atoms with Crippen LogP contribution in [0.3, 0.4) is 0 Å². The van der Waals surface area contributed by atoms with E-state index in [0.717, 1.165) is 12.5 Å². The van der Waals surface area contributed by atoms with E-state index in [2.05, 4.69) is 22.4 Å². The Hall–Kier alpha value is -1.70. The molecule has 26 heavy (non-hydrogen) atoms. The van der Waals surface area contributed by atoms with E-state index in [4.69, 9.17) is 0 Å². The molecule has 1 saturated carbocycles. The summed E-state index contributed by atoms with van der Waals surface area (Å²) in [4.78, 5) is 4.06. The normalized spacial score (nSPS) is 24.2. The molecule has 1 aliphatic carbocycles. The zero-order chi connectivity index (χ0) is 18.1. The Labute approximate surface area is 155 Å². The zero-order valence-corrected chi connectivity index (χ0v) is 15.9. The highest BCUT2D eigenvalue weighted by molar-refractivity contribution is 7.89. The SMILES string of the molecule is Cn1cnc(S(=O)(=O)N2CC(NCCC3CC3)C(c3ccccc3)C2)c1. The second kappa shape index (κ2) is 7.13. The first-order valence-corrected chi connectivity index (χ1v) is 10.7. The summed E-state index contributed by atoms with van der Waals surface area (Å²) in [5.41, 5.74) is 1.19. The van der Waals surface area contributed by atoms with Gasteiger partial charge in [0.05, 0.1) is 6.33 Å². The third-order valence-corrected chi connectivity index (χ3v) is 7.17. The molecule has 2 aromatic rings. The Kier molecular flexibility index (Phi) is 4.86. The van der Waals surface area contributed by atoms with Gasteiger partial charge in [-0.05, 0) is 24.4 Å².